The summed E-state index contributed by atoms with van der Waals surface area (Å²) >= 11 is 0. The lowest BCUT2D eigenvalue weighted by molar-refractivity contribution is -0.142. The van der Waals surface area contributed by atoms with E-state index in [1.54, 1.807) is 0 Å². The molecule has 0 saturated carbocycles. The molecule has 0 spiro atoms. The van der Waals surface area contributed by atoms with Gasteiger partial charge in [-0.3, -0.25) is 4.79 Å². The molecule has 2 rings (SSSR count). The van der Waals surface area contributed by atoms with Gasteiger partial charge in [0.2, 0.25) is 5.91 Å². The Morgan fingerprint density at radius 1 is 1.50 bits per heavy atom. The van der Waals surface area contributed by atoms with Crippen LogP contribution < -0.4 is 5.32 Å². The number of nitrogens with one attached hydrogen (secondary N) is 1. The zero-order chi connectivity index (χ0) is 13.2. The van der Waals surface area contributed by atoms with E-state index in [2.05, 4.69) is 31.0 Å². The van der Waals surface area contributed by atoms with Crippen LogP contribution in [0.2, 0.25) is 0 Å². The van der Waals surface area contributed by atoms with Crippen LogP contribution in [-0.4, -0.2) is 37.0 Å². The van der Waals surface area contributed by atoms with Crippen LogP contribution in [0.3, 0.4) is 0 Å². The number of carbonyl (C=O) groups is 1. The third kappa shape index (κ3) is 2.56. The van der Waals surface area contributed by atoms with Crippen molar-refractivity contribution in [1.82, 2.24) is 10.2 Å². The van der Waals surface area contributed by atoms with Gasteiger partial charge in [0.05, 0.1) is 5.41 Å². The molecule has 0 bridgehead atoms. The molecule has 3 heteroatoms. The standard InChI is InChI=1S/C15H28N2O/c1-4-15(7-5-8-16-11-15)14(18)17-9-6-13(10-17)12(2)3/h12-13,16H,4-11H2,1-3H3. The Labute approximate surface area is 111 Å². The number of piperidine rings is 1. The van der Waals surface area contributed by atoms with E-state index in [-0.39, 0.29) is 5.41 Å². The Morgan fingerprint density at radius 3 is 2.78 bits per heavy atom. The molecule has 0 radical (unpaired) electrons. The molecule has 104 valence electrons. The van der Waals surface area contributed by atoms with Crippen molar-refractivity contribution in [3.8, 4) is 0 Å². The first kappa shape index (κ1) is 13.9. The molecule has 2 fully saturated rings. The van der Waals surface area contributed by atoms with E-state index in [4.69, 9.17) is 0 Å². The van der Waals surface area contributed by atoms with Crippen LogP contribution in [0.1, 0.15) is 46.5 Å². The second-order valence-corrected chi connectivity index (χ2v) is 6.46. The quantitative estimate of drug-likeness (QED) is 0.835. The Hall–Kier alpha value is -0.570. The fraction of sp³-hybridized carbons (Fsp3) is 0.933. The van der Waals surface area contributed by atoms with Crippen LogP contribution in [-0.2, 0) is 4.79 Å². The number of nitrogens with zero attached hydrogens (tertiary/aromatic N) is 1. The summed E-state index contributed by atoms with van der Waals surface area (Å²) < 4.78 is 0. The highest BCUT2D eigenvalue weighted by atomic mass is 16.2. The van der Waals surface area contributed by atoms with Gasteiger partial charge in [-0.05, 0) is 44.1 Å². The average Bonchev–Trinajstić information content (AvgIpc) is 2.88. The highest BCUT2D eigenvalue weighted by molar-refractivity contribution is 5.83. The third-order valence-corrected chi connectivity index (χ3v) is 5.06. The van der Waals surface area contributed by atoms with Crippen LogP contribution in [0.25, 0.3) is 0 Å². The summed E-state index contributed by atoms with van der Waals surface area (Å²) in [4.78, 5) is 14.9. The average molecular weight is 252 g/mol. The summed E-state index contributed by atoms with van der Waals surface area (Å²) in [7, 11) is 0. The highest BCUT2D eigenvalue weighted by Gasteiger charge is 2.42. The summed E-state index contributed by atoms with van der Waals surface area (Å²) in [5.74, 6) is 1.82. The summed E-state index contributed by atoms with van der Waals surface area (Å²) in [5, 5.41) is 3.42. The maximum atomic E-state index is 12.8. The molecule has 1 N–H and O–H groups in total. The molecular weight excluding hydrogens is 224 g/mol. The minimum Gasteiger partial charge on any atom is -0.342 e. The molecule has 2 atom stereocenters. The first-order valence-corrected chi connectivity index (χ1v) is 7.59. The zero-order valence-electron chi connectivity index (χ0n) is 12.2. The fourth-order valence-electron chi connectivity index (χ4n) is 3.45. The molecular formula is C15H28N2O. The molecule has 18 heavy (non-hydrogen) atoms. The van der Waals surface area contributed by atoms with E-state index < -0.39 is 0 Å². The Bertz CT molecular complexity index is 295. The predicted octanol–water partition coefficient (Wildman–Crippen LogP) is 2.27. The third-order valence-electron chi connectivity index (χ3n) is 5.06. The molecule has 0 aromatic heterocycles. The van der Waals surface area contributed by atoms with Crippen molar-refractivity contribution in [1.29, 1.82) is 0 Å². The maximum Gasteiger partial charge on any atom is 0.230 e. The van der Waals surface area contributed by atoms with Gasteiger partial charge in [0.25, 0.3) is 0 Å². The minimum absolute atomic E-state index is 0.107. The summed E-state index contributed by atoms with van der Waals surface area (Å²) in [5.41, 5.74) is -0.107. The SMILES string of the molecule is CCC1(C(=O)N2CCC(C(C)C)C2)CCCNC1. The highest BCUT2D eigenvalue weighted by Crippen LogP contribution is 2.35. The van der Waals surface area contributed by atoms with E-state index in [9.17, 15) is 4.79 Å². The summed E-state index contributed by atoms with van der Waals surface area (Å²) in [6.45, 7) is 10.6. The molecule has 0 aliphatic carbocycles. The van der Waals surface area contributed by atoms with Gasteiger partial charge in [-0.15, -0.1) is 0 Å². The second-order valence-electron chi connectivity index (χ2n) is 6.46. The van der Waals surface area contributed by atoms with Crippen LogP contribution in [0.5, 0.6) is 0 Å². The minimum atomic E-state index is -0.107. The number of carbonyl (C=O) groups excluding carboxylic acids is 1. The number of hydrogen-bond donors (Lipinski definition) is 1. The van der Waals surface area contributed by atoms with E-state index >= 15 is 0 Å². The van der Waals surface area contributed by atoms with Crippen molar-refractivity contribution >= 4 is 5.91 Å². The van der Waals surface area contributed by atoms with Gasteiger partial charge >= 0.3 is 0 Å². The zero-order valence-corrected chi connectivity index (χ0v) is 12.2. The van der Waals surface area contributed by atoms with Crippen LogP contribution in [0.4, 0.5) is 0 Å². The largest absolute Gasteiger partial charge is 0.342 e. The summed E-state index contributed by atoms with van der Waals surface area (Å²) in [6, 6.07) is 0. The topological polar surface area (TPSA) is 32.3 Å². The van der Waals surface area contributed by atoms with Crippen molar-refractivity contribution in [3.63, 3.8) is 0 Å². The number of rotatable bonds is 3. The first-order valence-electron chi connectivity index (χ1n) is 7.59. The van der Waals surface area contributed by atoms with Gasteiger partial charge in [0, 0.05) is 19.6 Å². The van der Waals surface area contributed by atoms with E-state index in [0.29, 0.717) is 17.7 Å². The number of hydrogen-bond acceptors (Lipinski definition) is 2. The molecule has 2 heterocycles. The Balaban J connectivity index is 2.02. The van der Waals surface area contributed by atoms with E-state index in [1.165, 1.54) is 6.42 Å². The van der Waals surface area contributed by atoms with Gasteiger partial charge in [-0.1, -0.05) is 20.8 Å². The molecule has 0 aromatic rings. The Morgan fingerprint density at radius 2 is 2.28 bits per heavy atom. The van der Waals surface area contributed by atoms with Crippen molar-refractivity contribution in [2.24, 2.45) is 17.3 Å². The molecule has 1 amide bonds. The summed E-state index contributed by atoms with van der Waals surface area (Å²) in [6.07, 6.45) is 4.37. The lowest BCUT2D eigenvalue weighted by Gasteiger charge is -2.38. The van der Waals surface area contributed by atoms with Gasteiger partial charge < -0.3 is 10.2 Å². The predicted molar refractivity (Wildman–Crippen MR) is 74.4 cm³/mol. The van der Waals surface area contributed by atoms with Crippen LogP contribution in [0, 0.1) is 17.3 Å². The van der Waals surface area contributed by atoms with Gasteiger partial charge in [-0.2, -0.15) is 0 Å². The van der Waals surface area contributed by atoms with Crippen molar-refractivity contribution in [3.05, 3.63) is 0 Å². The van der Waals surface area contributed by atoms with Crippen molar-refractivity contribution in [2.45, 2.75) is 46.5 Å². The van der Waals surface area contributed by atoms with Gasteiger partial charge in [-0.25, -0.2) is 0 Å². The number of amides is 1. The smallest absolute Gasteiger partial charge is 0.230 e. The van der Waals surface area contributed by atoms with Crippen LogP contribution >= 0.6 is 0 Å². The molecule has 2 saturated heterocycles. The lowest BCUT2D eigenvalue weighted by Crippen LogP contribution is -2.51. The maximum absolute atomic E-state index is 12.8. The van der Waals surface area contributed by atoms with Crippen molar-refractivity contribution in [2.75, 3.05) is 26.2 Å². The Kier molecular flexibility index (Phi) is 4.31. The number of likely N-dealkylation sites (tertiary alicyclic amines) is 1. The fourth-order valence-corrected chi connectivity index (χ4v) is 3.45. The monoisotopic (exact) mass is 252 g/mol. The molecule has 0 aromatic carbocycles. The lowest BCUT2D eigenvalue weighted by atomic mass is 9.77. The normalized spacial score (nSPS) is 33.1. The molecule has 3 nitrogen and oxygen atoms in total. The molecule has 2 unspecified atom stereocenters. The second kappa shape index (κ2) is 5.60. The van der Waals surface area contributed by atoms with Crippen LogP contribution in [0.15, 0.2) is 0 Å². The molecule has 2 aliphatic rings. The van der Waals surface area contributed by atoms with Gasteiger partial charge in [0.15, 0.2) is 0 Å². The first-order chi connectivity index (χ1) is 8.59. The van der Waals surface area contributed by atoms with E-state index in [1.807, 2.05) is 0 Å². The molecule has 2 aliphatic heterocycles. The van der Waals surface area contributed by atoms with Crippen molar-refractivity contribution < 1.29 is 4.79 Å². The van der Waals surface area contributed by atoms with E-state index in [0.717, 1.165) is 45.4 Å². The van der Waals surface area contributed by atoms with Gasteiger partial charge in [0.1, 0.15) is 0 Å².